The number of aliphatic imine (C=N–C) groups is 1. The van der Waals surface area contributed by atoms with Crippen LogP contribution in [0.25, 0.3) is 0 Å². The predicted molar refractivity (Wildman–Crippen MR) is 64.0 cm³/mol. The molecule has 3 heteroatoms. The molecule has 0 unspecified atom stereocenters. The predicted octanol–water partition coefficient (Wildman–Crippen LogP) is 2.75. The second kappa shape index (κ2) is 10.2. The van der Waals surface area contributed by atoms with Crippen LogP contribution in [0.2, 0.25) is 0 Å². The van der Waals surface area contributed by atoms with Crippen molar-refractivity contribution in [3.63, 3.8) is 0 Å². The van der Waals surface area contributed by atoms with Crippen molar-refractivity contribution in [3.05, 3.63) is 0 Å². The van der Waals surface area contributed by atoms with E-state index < -0.39 is 0 Å². The van der Waals surface area contributed by atoms with Gasteiger partial charge in [0.1, 0.15) is 0 Å². The summed E-state index contributed by atoms with van der Waals surface area (Å²) < 4.78 is 0. The Kier molecular flexibility index (Phi) is 9.59. The van der Waals surface area contributed by atoms with Crippen LogP contribution in [-0.4, -0.2) is 18.5 Å². The highest BCUT2D eigenvalue weighted by molar-refractivity contribution is 6.30. The minimum Gasteiger partial charge on any atom is -0.323 e. The fourth-order valence-electron chi connectivity index (χ4n) is 1.22. The maximum atomic E-state index is 5.22. The molecule has 3 nitrogen and oxygen atoms in total. The maximum absolute atomic E-state index is 5.22. The lowest BCUT2D eigenvalue weighted by molar-refractivity contribution is 0.676. The van der Waals surface area contributed by atoms with Gasteiger partial charge in [-0.05, 0) is 12.8 Å². The molecular formula is C11H23N3. The highest BCUT2D eigenvalue weighted by Crippen LogP contribution is 1.98. The van der Waals surface area contributed by atoms with Crippen molar-refractivity contribution >= 4 is 11.9 Å². The summed E-state index contributed by atoms with van der Waals surface area (Å²) in [4.78, 5) is 4.30. The van der Waals surface area contributed by atoms with Gasteiger partial charge in [-0.15, -0.1) is 0 Å². The topological polar surface area (TPSA) is 50.7 Å². The van der Waals surface area contributed by atoms with Crippen molar-refractivity contribution in [2.24, 2.45) is 15.9 Å². The Morgan fingerprint density at radius 2 is 1.93 bits per heavy atom. The lowest BCUT2D eigenvalue weighted by Crippen LogP contribution is -2.03. The van der Waals surface area contributed by atoms with Crippen LogP contribution in [0.4, 0.5) is 0 Å². The molecule has 0 fully saturated rings. The zero-order chi connectivity index (χ0) is 10.6. The van der Waals surface area contributed by atoms with E-state index in [4.69, 9.17) is 5.84 Å². The van der Waals surface area contributed by atoms with Crippen LogP contribution in [0.3, 0.4) is 0 Å². The lowest BCUT2D eigenvalue weighted by Gasteiger charge is -1.96. The van der Waals surface area contributed by atoms with Gasteiger partial charge in [-0.1, -0.05) is 39.5 Å². The normalized spacial score (nSPS) is 12.6. The van der Waals surface area contributed by atoms with Crippen LogP contribution in [0.1, 0.15) is 52.4 Å². The fourth-order valence-corrected chi connectivity index (χ4v) is 1.22. The first-order chi connectivity index (χ1) is 6.85. The first-order valence-electron chi connectivity index (χ1n) is 5.61. The SMILES string of the molecule is CCCCCCN=CC(CCC)=NN. The Morgan fingerprint density at radius 1 is 1.14 bits per heavy atom. The monoisotopic (exact) mass is 197 g/mol. The lowest BCUT2D eigenvalue weighted by atomic mass is 10.2. The third-order valence-electron chi connectivity index (χ3n) is 2.05. The smallest absolute Gasteiger partial charge is 0.0778 e. The van der Waals surface area contributed by atoms with Crippen molar-refractivity contribution in [2.45, 2.75) is 52.4 Å². The van der Waals surface area contributed by atoms with Crippen molar-refractivity contribution in [2.75, 3.05) is 6.54 Å². The van der Waals surface area contributed by atoms with E-state index in [2.05, 4.69) is 23.9 Å². The summed E-state index contributed by atoms with van der Waals surface area (Å²) in [7, 11) is 0. The van der Waals surface area contributed by atoms with Crippen molar-refractivity contribution in [3.8, 4) is 0 Å². The molecular weight excluding hydrogens is 174 g/mol. The Balaban J connectivity index is 3.49. The molecule has 0 rings (SSSR count). The van der Waals surface area contributed by atoms with Gasteiger partial charge in [0.25, 0.3) is 0 Å². The van der Waals surface area contributed by atoms with Gasteiger partial charge >= 0.3 is 0 Å². The average Bonchev–Trinajstić information content (AvgIpc) is 2.21. The van der Waals surface area contributed by atoms with E-state index in [1.54, 1.807) is 0 Å². The molecule has 0 atom stereocenters. The highest BCUT2D eigenvalue weighted by Gasteiger charge is 1.91. The first kappa shape index (κ1) is 13.1. The minimum absolute atomic E-state index is 0.905. The van der Waals surface area contributed by atoms with E-state index in [-0.39, 0.29) is 0 Å². The molecule has 0 aliphatic rings. The second-order valence-electron chi connectivity index (χ2n) is 3.47. The van der Waals surface area contributed by atoms with E-state index in [1.165, 1.54) is 25.7 Å². The summed E-state index contributed by atoms with van der Waals surface area (Å²) in [6, 6.07) is 0. The average molecular weight is 197 g/mol. The van der Waals surface area contributed by atoms with Gasteiger partial charge in [0.05, 0.1) is 5.71 Å². The Labute approximate surface area is 87.5 Å². The molecule has 0 aromatic heterocycles. The van der Waals surface area contributed by atoms with Crippen molar-refractivity contribution in [1.29, 1.82) is 0 Å². The molecule has 0 bridgehead atoms. The fraction of sp³-hybridized carbons (Fsp3) is 0.818. The number of unbranched alkanes of at least 4 members (excludes halogenated alkanes) is 3. The highest BCUT2D eigenvalue weighted by atomic mass is 15.1. The van der Waals surface area contributed by atoms with Crippen LogP contribution < -0.4 is 5.84 Å². The molecule has 0 heterocycles. The van der Waals surface area contributed by atoms with E-state index in [0.29, 0.717) is 0 Å². The molecule has 0 amide bonds. The molecule has 0 saturated carbocycles. The summed E-state index contributed by atoms with van der Waals surface area (Å²) in [5.74, 6) is 5.22. The van der Waals surface area contributed by atoms with E-state index in [9.17, 15) is 0 Å². The summed E-state index contributed by atoms with van der Waals surface area (Å²) >= 11 is 0. The van der Waals surface area contributed by atoms with Crippen LogP contribution in [-0.2, 0) is 0 Å². The largest absolute Gasteiger partial charge is 0.323 e. The molecule has 0 aliphatic carbocycles. The van der Waals surface area contributed by atoms with Gasteiger partial charge in [0.2, 0.25) is 0 Å². The number of hydrogen-bond acceptors (Lipinski definition) is 3. The van der Waals surface area contributed by atoms with E-state index >= 15 is 0 Å². The summed E-state index contributed by atoms with van der Waals surface area (Å²) in [6.07, 6.45) is 8.84. The Hall–Kier alpha value is -0.860. The first-order valence-corrected chi connectivity index (χ1v) is 5.61. The van der Waals surface area contributed by atoms with Crippen LogP contribution in [0, 0.1) is 0 Å². The Morgan fingerprint density at radius 3 is 2.50 bits per heavy atom. The number of nitrogens with zero attached hydrogens (tertiary/aromatic N) is 2. The maximum Gasteiger partial charge on any atom is 0.0778 e. The summed E-state index contributed by atoms with van der Waals surface area (Å²) in [5.41, 5.74) is 0.906. The van der Waals surface area contributed by atoms with Gasteiger partial charge in [-0.2, -0.15) is 5.10 Å². The van der Waals surface area contributed by atoms with Gasteiger partial charge in [0.15, 0.2) is 0 Å². The molecule has 2 N–H and O–H groups in total. The van der Waals surface area contributed by atoms with Crippen molar-refractivity contribution in [1.82, 2.24) is 0 Å². The number of nitrogens with two attached hydrogens (primary N) is 1. The molecule has 82 valence electrons. The molecule has 0 radical (unpaired) electrons. The molecule has 0 spiro atoms. The van der Waals surface area contributed by atoms with Crippen molar-refractivity contribution < 1.29 is 0 Å². The Bertz CT molecular complexity index is 173. The second-order valence-corrected chi connectivity index (χ2v) is 3.47. The quantitative estimate of drug-likeness (QED) is 0.276. The van der Waals surface area contributed by atoms with Crippen LogP contribution >= 0.6 is 0 Å². The molecule has 0 saturated heterocycles. The van der Waals surface area contributed by atoms with E-state index in [1.807, 2.05) is 6.21 Å². The number of hydrazone groups is 1. The standard InChI is InChI=1S/C11H23N3/c1-3-5-6-7-9-13-10-11(14-12)8-4-2/h10H,3-9,12H2,1-2H3. The van der Waals surface area contributed by atoms with Gasteiger partial charge < -0.3 is 5.84 Å². The molecule has 0 aromatic carbocycles. The van der Waals surface area contributed by atoms with Crippen LogP contribution in [0.15, 0.2) is 10.1 Å². The van der Waals surface area contributed by atoms with Gasteiger partial charge in [0, 0.05) is 12.8 Å². The minimum atomic E-state index is 0.905. The third-order valence-corrected chi connectivity index (χ3v) is 2.05. The number of rotatable bonds is 8. The zero-order valence-corrected chi connectivity index (χ0v) is 9.50. The van der Waals surface area contributed by atoms with Crippen LogP contribution in [0.5, 0.6) is 0 Å². The van der Waals surface area contributed by atoms with Gasteiger partial charge in [-0.3, -0.25) is 4.99 Å². The van der Waals surface area contributed by atoms with E-state index in [0.717, 1.165) is 25.1 Å². The zero-order valence-electron chi connectivity index (χ0n) is 9.50. The molecule has 14 heavy (non-hydrogen) atoms. The third kappa shape index (κ3) is 7.77. The summed E-state index contributed by atoms with van der Waals surface area (Å²) in [5, 5.41) is 3.68. The molecule has 0 aromatic rings. The molecule has 0 aliphatic heterocycles. The van der Waals surface area contributed by atoms with Gasteiger partial charge in [-0.25, -0.2) is 0 Å². The number of hydrogen-bond donors (Lipinski definition) is 1. The summed E-state index contributed by atoms with van der Waals surface area (Å²) in [6.45, 7) is 5.23.